The lowest BCUT2D eigenvalue weighted by molar-refractivity contribution is 0.275. The highest BCUT2D eigenvalue weighted by molar-refractivity contribution is 6.69. The summed E-state index contributed by atoms with van der Waals surface area (Å²) in [7, 11) is 0. The molecule has 1 fully saturated rings. The van der Waals surface area contributed by atoms with Crippen LogP contribution >= 0.6 is 0 Å². The molecule has 1 heterocycles. The maximum atomic E-state index is 8.26. The van der Waals surface area contributed by atoms with Gasteiger partial charge in [-0.15, -0.1) is 0 Å². The van der Waals surface area contributed by atoms with E-state index < -0.39 is 6.10 Å². The summed E-state index contributed by atoms with van der Waals surface area (Å²) in [4.78, 5) is 0. The van der Waals surface area contributed by atoms with Gasteiger partial charge in [0.1, 0.15) is 5.71 Å². The SMILES string of the molecule is N=C1OC(c2ccccc2)C(=NNc2ccccc2)C1=NNc1ccccc1. The molecule has 1 atom stereocenters. The second-order valence-corrected chi connectivity index (χ2v) is 6.15. The van der Waals surface area contributed by atoms with Gasteiger partial charge in [0, 0.05) is 0 Å². The minimum atomic E-state index is -0.499. The molecule has 0 spiro atoms. The number of anilines is 2. The molecule has 0 bridgehead atoms. The summed E-state index contributed by atoms with van der Waals surface area (Å²) in [5, 5.41) is 17.2. The first-order valence-electron chi connectivity index (χ1n) is 8.89. The van der Waals surface area contributed by atoms with Crippen LogP contribution in [0.2, 0.25) is 0 Å². The fraction of sp³-hybridized carbons (Fsp3) is 0.0455. The van der Waals surface area contributed by atoms with Crippen molar-refractivity contribution >= 4 is 28.7 Å². The first-order chi connectivity index (χ1) is 13.8. The number of hydrogen-bond donors (Lipinski definition) is 3. The minimum absolute atomic E-state index is 0.0223. The highest BCUT2D eigenvalue weighted by Crippen LogP contribution is 2.27. The van der Waals surface area contributed by atoms with Crippen molar-refractivity contribution in [2.24, 2.45) is 10.2 Å². The molecule has 6 heteroatoms. The summed E-state index contributed by atoms with van der Waals surface area (Å²) < 4.78 is 5.79. The second kappa shape index (κ2) is 8.18. The predicted molar refractivity (Wildman–Crippen MR) is 113 cm³/mol. The minimum Gasteiger partial charge on any atom is -0.461 e. The molecule has 0 aromatic heterocycles. The van der Waals surface area contributed by atoms with Crippen LogP contribution in [0.15, 0.2) is 101 Å². The molecule has 0 aliphatic carbocycles. The Morgan fingerprint density at radius 2 is 1.18 bits per heavy atom. The number of nitrogens with zero attached hydrogens (tertiary/aromatic N) is 2. The third-order valence-electron chi connectivity index (χ3n) is 4.19. The lowest BCUT2D eigenvalue weighted by atomic mass is 10.0. The maximum Gasteiger partial charge on any atom is 0.237 e. The van der Waals surface area contributed by atoms with Gasteiger partial charge in [-0.25, -0.2) is 0 Å². The molecule has 0 radical (unpaired) electrons. The lowest BCUT2D eigenvalue weighted by Crippen LogP contribution is -2.19. The van der Waals surface area contributed by atoms with Crippen LogP contribution in [0.5, 0.6) is 0 Å². The topological polar surface area (TPSA) is 81.9 Å². The van der Waals surface area contributed by atoms with Gasteiger partial charge in [0.25, 0.3) is 0 Å². The molecular formula is C22H19N5O. The molecule has 4 rings (SSSR count). The molecule has 3 aromatic carbocycles. The van der Waals surface area contributed by atoms with E-state index in [0.29, 0.717) is 11.4 Å². The molecule has 6 nitrogen and oxygen atoms in total. The molecule has 28 heavy (non-hydrogen) atoms. The van der Waals surface area contributed by atoms with Crippen molar-refractivity contribution in [3.63, 3.8) is 0 Å². The molecule has 3 aromatic rings. The molecule has 0 saturated carbocycles. The zero-order chi connectivity index (χ0) is 19.2. The third-order valence-corrected chi connectivity index (χ3v) is 4.19. The number of benzene rings is 3. The number of para-hydroxylation sites is 2. The van der Waals surface area contributed by atoms with E-state index in [1.54, 1.807) is 0 Å². The average molecular weight is 369 g/mol. The Hall–Kier alpha value is -3.93. The highest BCUT2D eigenvalue weighted by Gasteiger charge is 2.37. The van der Waals surface area contributed by atoms with Crippen LogP contribution in [0.25, 0.3) is 0 Å². The quantitative estimate of drug-likeness (QED) is 0.572. The summed E-state index contributed by atoms with van der Waals surface area (Å²) in [5.74, 6) is -0.0223. The summed E-state index contributed by atoms with van der Waals surface area (Å²) in [6, 6.07) is 28.9. The van der Waals surface area contributed by atoms with Crippen LogP contribution in [0.3, 0.4) is 0 Å². The van der Waals surface area contributed by atoms with E-state index in [1.807, 2.05) is 91.0 Å². The molecule has 138 valence electrons. The zero-order valence-electron chi connectivity index (χ0n) is 15.0. The van der Waals surface area contributed by atoms with Crippen molar-refractivity contribution < 1.29 is 4.74 Å². The molecule has 1 aliphatic rings. The van der Waals surface area contributed by atoms with Crippen LogP contribution in [-0.2, 0) is 4.74 Å². The maximum absolute atomic E-state index is 8.26. The fourth-order valence-electron chi connectivity index (χ4n) is 2.81. The van der Waals surface area contributed by atoms with Gasteiger partial charge in [-0.3, -0.25) is 16.3 Å². The van der Waals surface area contributed by atoms with Gasteiger partial charge in [0.05, 0.1) is 11.4 Å². The Morgan fingerprint density at radius 3 is 1.75 bits per heavy atom. The summed E-state index contributed by atoms with van der Waals surface area (Å²) in [6.45, 7) is 0. The van der Waals surface area contributed by atoms with Crippen LogP contribution in [0.1, 0.15) is 11.7 Å². The van der Waals surface area contributed by atoms with Gasteiger partial charge in [0.2, 0.25) is 5.90 Å². The van der Waals surface area contributed by atoms with Gasteiger partial charge < -0.3 is 4.74 Å². The Bertz CT molecular complexity index is 1000. The second-order valence-electron chi connectivity index (χ2n) is 6.15. The highest BCUT2D eigenvalue weighted by atomic mass is 16.5. The number of hydrazone groups is 2. The average Bonchev–Trinajstić information content (AvgIpc) is 3.08. The number of hydrogen-bond acceptors (Lipinski definition) is 6. The van der Waals surface area contributed by atoms with Crippen molar-refractivity contribution in [3.05, 3.63) is 96.6 Å². The monoisotopic (exact) mass is 369 g/mol. The predicted octanol–water partition coefficient (Wildman–Crippen LogP) is 4.67. The van der Waals surface area contributed by atoms with Gasteiger partial charge in [-0.05, 0) is 29.8 Å². The van der Waals surface area contributed by atoms with Crippen LogP contribution in [-0.4, -0.2) is 17.3 Å². The molecule has 1 unspecified atom stereocenters. The van der Waals surface area contributed by atoms with Crippen LogP contribution in [0.4, 0.5) is 11.4 Å². The van der Waals surface area contributed by atoms with Crippen molar-refractivity contribution in [2.75, 3.05) is 10.9 Å². The summed E-state index contributed by atoms with van der Waals surface area (Å²) >= 11 is 0. The van der Waals surface area contributed by atoms with E-state index in [9.17, 15) is 0 Å². The van der Waals surface area contributed by atoms with Crippen LogP contribution < -0.4 is 10.9 Å². The Kier molecular flexibility index (Phi) is 5.11. The summed E-state index contributed by atoms with van der Waals surface area (Å²) in [5.41, 5.74) is 9.49. The van der Waals surface area contributed by atoms with Crippen LogP contribution in [0, 0.1) is 5.41 Å². The third kappa shape index (κ3) is 3.91. The van der Waals surface area contributed by atoms with Crippen molar-refractivity contribution in [3.8, 4) is 0 Å². The molecule has 0 amide bonds. The Labute approximate surface area is 163 Å². The number of rotatable bonds is 5. The van der Waals surface area contributed by atoms with E-state index in [4.69, 9.17) is 10.1 Å². The van der Waals surface area contributed by atoms with Gasteiger partial charge >= 0.3 is 0 Å². The first kappa shape index (κ1) is 17.5. The molecule has 1 saturated heterocycles. The van der Waals surface area contributed by atoms with E-state index in [0.717, 1.165) is 16.9 Å². The molecule has 3 N–H and O–H groups in total. The van der Waals surface area contributed by atoms with Gasteiger partial charge in [-0.2, -0.15) is 10.2 Å². The van der Waals surface area contributed by atoms with E-state index in [2.05, 4.69) is 21.1 Å². The largest absolute Gasteiger partial charge is 0.461 e. The number of ether oxygens (including phenoxy) is 1. The first-order valence-corrected chi connectivity index (χ1v) is 8.89. The molecule has 1 aliphatic heterocycles. The van der Waals surface area contributed by atoms with Gasteiger partial charge in [0.15, 0.2) is 11.8 Å². The van der Waals surface area contributed by atoms with Crippen molar-refractivity contribution in [1.82, 2.24) is 0 Å². The Morgan fingerprint density at radius 1 is 0.679 bits per heavy atom. The van der Waals surface area contributed by atoms with Crippen molar-refractivity contribution in [1.29, 1.82) is 5.41 Å². The smallest absolute Gasteiger partial charge is 0.237 e. The van der Waals surface area contributed by atoms with E-state index in [1.165, 1.54) is 0 Å². The normalized spacial score (nSPS) is 18.9. The lowest BCUT2D eigenvalue weighted by Gasteiger charge is -2.10. The molecular weight excluding hydrogens is 350 g/mol. The Balaban J connectivity index is 1.67. The van der Waals surface area contributed by atoms with E-state index >= 15 is 0 Å². The van der Waals surface area contributed by atoms with E-state index in [-0.39, 0.29) is 5.90 Å². The fourth-order valence-corrected chi connectivity index (χ4v) is 2.81. The number of nitrogens with one attached hydrogen (secondary N) is 3. The zero-order valence-corrected chi connectivity index (χ0v) is 15.0. The standard InChI is InChI=1S/C22H19N5O/c23-22-20(27-25-18-14-8-3-9-15-18)19(26-24-17-12-6-2-7-13-17)21(28-22)16-10-4-1-5-11-16/h1-15,21,23-25H. The van der Waals surface area contributed by atoms with Gasteiger partial charge in [-0.1, -0.05) is 66.7 Å². The van der Waals surface area contributed by atoms with Crippen molar-refractivity contribution in [2.45, 2.75) is 6.10 Å². The summed E-state index contributed by atoms with van der Waals surface area (Å²) in [6.07, 6.45) is -0.499.